The predicted octanol–water partition coefficient (Wildman–Crippen LogP) is 1.70. The Hall–Kier alpha value is -2.50. The Labute approximate surface area is 173 Å². The number of rotatable bonds is 3. The number of nitrogens with zero attached hydrogens (tertiary/aromatic N) is 3. The van der Waals surface area contributed by atoms with Gasteiger partial charge in [-0.25, -0.2) is 14.8 Å². The third-order valence-electron chi connectivity index (χ3n) is 5.24. The monoisotopic (exact) mass is 445 g/mol. The molecule has 2 aliphatic heterocycles. The van der Waals surface area contributed by atoms with Gasteiger partial charge in [-0.3, -0.25) is 19.9 Å². The lowest BCUT2D eigenvalue weighted by Crippen LogP contribution is -2.62. The standard InChI is InChI=1S/C18H16ClF4N5O2/c19-15-12(7-25-26-17(15)30)27-3-4-28-13(6-24-14(28)8-27)16(29)10-2-1-9(20)5-11(10)18(21,22)23/h1-2,5-6,12,15,25H,3-4,7-8H2,(H,26,30). The number of carbonyl (C=O) groups is 2. The van der Waals surface area contributed by atoms with Crippen molar-refractivity contribution in [3.63, 3.8) is 0 Å². The van der Waals surface area contributed by atoms with Crippen molar-refractivity contribution in [2.24, 2.45) is 0 Å². The topological polar surface area (TPSA) is 79.3 Å². The van der Waals surface area contributed by atoms with Crippen LogP contribution in [0.3, 0.4) is 0 Å². The quantitative estimate of drug-likeness (QED) is 0.427. The normalized spacial score (nSPS) is 22.5. The number of alkyl halides is 4. The van der Waals surface area contributed by atoms with Crippen molar-refractivity contribution in [1.29, 1.82) is 0 Å². The van der Waals surface area contributed by atoms with Crippen LogP contribution in [0.1, 0.15) is 27.4 Å². The molecule has 3 heterocycles. The van der Waals surface area contributed by atoms with Gasteiger partial charge in [0.2, 0.25) is 5.78 Å². The van der Waals surface area contributed by atoms with Crippen molar-refractivity contribution in [3.05, 3.63) is 52.9 Å². The van der Waals surface area contributed by atoms with Gasteiger partial charge in [0.15, 0.2) is 0 Å². The van der Waals surface area contributed by atoms with Crippen LogP contribution in [0.15, 0.2) is 24.4 Å². The number of hydrazine groups is 1. The molecule has 30 heavy (non-hydrogen) atoms. The number of hydrogen-bond donors (Lipinski definition) is 2. The zero-order chi connectivity index (χ0) is 21.6. The number of hydrogen-bond acceptors (Lipinski definition) is 5. The highest BCUT2D eigenvalue weighted by Gasteiger charge is 2.39. The Kier molecular flexibility index (Phi) is 5.28. The summed E-state index contributed by atoms with van der Waals surface area (Å²) in [6.07, 6.45) is -3.66. The lowest BCUT2D eigenvalue weighted by Gasteiger charge is -2.39. The van der Waals surface area contributed by atoms with Gasteiger partial charge in [-0.2, -0.15) is 13.2 Å². The minimum atomic E-state index is -4.88. The highest BCUT2D eigenvalue weighted by atomic mass is 35.5. The van der Waals surface area contributed by atoms with Crippen LogP contribution < -0.4 is 10.9 Å². The molecule has 0 spiro atoms. The Bertz CT molecular complexity index is 1010. The summed E-state index contributed by atoms with van der Waals surface area (Å²) in [5.74, 6) is -1.85. The molecule has 0 aliphatic carbocycles. The predicted molar refractivity (Wildman–Crippen MR) is 97.0 cm³/mol. The van der Waals surface area contributed by atoms with Crippen molar-refractivity contribution in [1.82, 2.24) is 25.3 Å². The first-order chi connectivity index (χ1) is 14.2. The van der Waals surface area contributed by atoms with Gasteiger partial charge < -0.3 is 4.57 Å². The van der Waals surface area contributed by atoms with E-state index in [0.717, 1.165) is 12.1 Å². The largest absolute Gasteiger partial charge is 0.417 e. The van der Waals surface area contributed by atoms with E-state index in [1.54, 1.807) is 4.57 Å². The molecule has 2 aliphatic rings. The minimum Gasteiger partial charge on any atom is -0.323 e. The van der Waals surface area contributed by atoms with Crippen molar-refractivity contribution >= 4 is 23.3 Å². The Morgan fingerprint density at radius 3 is 2.77 bits per heavy atom. The van der Waals surface area contributed by atoms with E-state index >= 15 is 0 Å². The van der Waals surface area contributed by atoms with Crippen LogP contribution in [-0.2, 0) is 24.1 Å². The smallest absolute Gasteiger partial charge is 0.323 e. The average molecular weight is 446 g/mol. The van der Waals surface area contributed by atoms with E-state index in [-0.39, 0.29) is 30.7 Å². The van der Waals surface area contributed by atoms with Gasteiger partial charge in [-0.05, 0) is 18.2 Å². The molecular weight excluding hydrogens is 430 g/mol. The molecule has 2 atom stereocenters. The zero-order valence-corrected chi connectivity index (χ0v) is 16.1. The van der Waals surface area contributed by atoms with Crippen LogP contribution in [0.4, 0.5) is 17.6 Å². The van der Waals surface area contributed by atoms with E-state index in [1.807, 2.05) is 4.90 Å². The van der Waals surface area contributed by atoms with Gasteiger partial charge in [0.05, 0.1) is 18.3 Å². The Balaban J connectivity index is 1.61. The summed E-state index contributed by atoms with van der Waals surface area (Å²) in [7, 11) is 0. The molecule has 12 heteroatoms. The molecule has 4 rings (SSSR count). The molecule has 0 bridgehead atoms. The highest BCUT2D eigenvalue weighted by molar-refractivity contribution is 6.31. The van der Waals surface area contributed by atoms with Crippen molar-refractivity contribution < 1.29 is 27.2 Å². The molecule has 2 N–H and O–H groups in total. The molecule has 0 radical (unpaired) electrons. The summed E-state index contributed by atoms with van der Waals surface area (Å²) in [5, 5.41) is -0.776. The first-order valence-corrected chi connectivity index (χ1v) is 9.47. The van der Waals surface area contributed by atoms with E-state index in [9.17, 15) is 27.2 Å². The molecule has 1 aromatic carbocycles. The van der Waals surface area contributed by atoms with Crippen LogP contribution in [-0.4, -0.2) is 50.6 Å². The summed E-state index contributed by atoms with van der Waals surface area (Å²) in [6, 6.07) is 1.66. The number of nitrogens with one attached hydrogen (secondary N) is 2. The molecular formula is C18H16ClF4N5O2. The molecule has 7 nitrogen and oxygen atoms in total. The number of imidazole rings is 1. The number of fused-ring (bicyclic) bond motifs is 1. The molecule has 1 fully saturated rings. The second-order valence-corrected chi connectivity index (χ2v) is 7.51. The molecule has 0 saturated carbocycles. The van der Waals surface area contributed by atoms with Gasteiger partial charge in [-0.15, -0.1) is 11.6 Å². The van der Waals surface area contributed by atoms with Crippen LogP contribution in [0.5, 0.6) is 0 Å². The van der Waals surface area contributed by atoms with E-state index in [2.05, 4.69) is 15.8 Å². The third kappa shape index (κ3) is 3.68. The molecule has 1 aromatic heterocycles. The number of benzene rings is 1. The number of ketones is 1. The summed E-state index contributed by atoms with van der Waals surface area (Å²) >= 11 is 6.19. The second-order valence-electron chi connectivity index (χ2n) is 7.04. The zero-order valence-electron chi connectivity index (χ0n) is 15.3. The maximum Gasteiger partial charge on any atom is 0.417 e. The number of aromatic nitrogens is 2. The van der Waals surface area contributed by atoms with Gasteiger partial charge in [0, 0.05) is 31.2 Å². The first kappa shape index (κ1) is 20.8. The SMILES string of the molecule is O=C(c1ccc(F)cc1C(F)(F)F)c1cnc2n1CCN(C1CNNC(=O)C1Cl)C2. The Morgan fingerprint density at radius 2 is 2.03 bits per heavy atom. The van der Waals surface area contributed by atoms with Crippen molar-refractivity contribution in [2.45, 2.75) is 30.7 Å². The molecule has 1 saturated heterocycles. The van der Waals surface area contributed by atoms with Crippen molar-refractivity contribution in [2.75, 3.05) is 13.1 Å². The van der Waals surface area contributed by atoms with E-state index < -0.39 is 34.3 Å². The van der Waals surface area contributed by atoms with Crippen LogP contribution in [0.25, 0.3) is 0 Å². The van der Waals surface area contributed by atoms with Gasteiger partial charge in [0.1, 0.15) is 22.7 Å². The van der Waals surface area contributed by atoms with E-state index in [1.165, 1.54) is 6.20 Å². The fraction of sp³-hybridized carbons (Fsp3) is 0.389. The van der Waals surface area contributed by atoms with Crippen LogP contribution >= 0.6 is 11.6 Å². The number of carbonyl (C=O) groups excluding carboxylic acids is 2. The Morgan fingerprint density at radius 1 is 1.27 bits per heavy atom. The van der Waals surface area contributed by atoms with E-state index in [4.69, 9.17) is 11.6 Å². The summed E-state index contributed by atoms with van der Waals surface area (Å²) in [5.41, 5.74) is 3.23. The first-order valence-electron chi connectivity index (χ1n) is 9.03. The average Bonchev–Trinajstić information content (AvgIpc) is 3.12. The summed E-state index contributed by atoms with van der Waals surface area (Å²) in [6.45, 7) is 1.38. The fourth-order valence-electron chi connectivity index (χ4n) is 3.73. The van der Waals surface area contributed by atoms with Crippen LogP contribution in [0, 0.1) is 5.82 Å². The number of amides is 1. The molecule has 2 aromatic rings. The second kappa shape index (κ2) is 7.64. The lowest BCUT2D eigenvalue weighted by atomic mass is 10.0. The third-order valence-corrected chi connectivity index (χ3v) is 5.73. The molecule has 1 amide bonds. The highest BCUT2D eigenvalue weighted by Crippen LogP contribution is 2.34. The molecule has 160 valence electrons. The van der Waals surface area contributed by atoms with E-state index in [0.29, 0.717) is 25.0 Å². The maximum atomic E-state index is 13.4. The fourth-order valence-corrected chi connectivity index (χ4v) is 4.04. The minimum absolute atomic E-state index is 0.0105. The summed E-state index contributed by atoms with van der Waals surface area (Å²) < 4.78 is 54.8. The summed E-state index contributed by atoms with van der Waals surface area (Å²) in [4.78, 5) is 30.7. The van der Waals surface area contributed by atoms with Gasteiger partial charge in [0.25, 0.3) is 5.91 Å². The van der Waals surface area contributed by atoms with Gasteiger partial charge in [-0.1, -0.05) is 0 Å². The van der Waals surface area contributed by atoms with Gasteiger partial charge >= 0.3 is 6.18 Å². The lowest BCUT2D eigenvalue weighted by molar-refractivity contribution is -0.138. The number of halogens is 5. The maximum absolute atomic E-state index is 13.4. The molecule has 2 unspecified atom stereocenters. The van der Waals surface area contributed by atoms with Crippen LogP contribution in [0.2, 0.25) is 0 Å². The van der Waals surface area contributed by atoms with Crippen molar-refractivity contribution in [3.8, 4) is 0 Å².